The molecule has 0 spiro atoms. The molecule has 232 valence electrons. The predicted octanol–water partition coefficient (Wildman–Crippen LogP) is 7.53. The topological polar surface area (TPSA) is 57.2 Å². The lowest BCUT2D eigenvalue weighted by Gasteiger charge is -2.61. The molecule has 6 rings (SSSR count). The van der Waals surface area contributed by atoms with E-state index in [1.807, 2.05) is 12.1 Å². The third kappa shape index (κ3) is 5.04. The van der Waals surface area contributed by atoms with Crippen molar-refractivity contribution >= 4 is 12.0 Å². The average molecular weight is 580 g/mol. The van der Waals surface area contributed by atoms with Gasteiger partial charge in [0.2, 0.25) is 5.75 Å². The molecule has 1 saturated heterocycles. The first kappa shape index (κ1) is 29.8. The number of likely N-dealkylation sites (tertiary alicyclic amines) is 1. The van der Waals surface area contributed by atoms with Crippen LogP contribution < -0.4 is 14.2 Å². The van der Waals surface area contributed by atoms with Gasteiger partial charge >= 0.3 is 5.97 Å². The molecule has 0 bridgehead atoms. The lowest BCUT2D eigenvalue weighted by atomic mass is 9.45. The number of rotatable bonds is 6. The highest BCUT2D eigenvalue weighted by Gasteiger charge is 2.62. The van der Waals surface area contributed by atoms with Crippen molar-refractivity contribution in [3.05, 3.63) is 23.3 Å². The first-order valence-corrected chi connectivity index (χ1v) is 16.6. The number of carbonyl (C=O) groups is 1. The monoisotopic (exact) mass is 579 g/mol. The second-order valence-corrected chi connectivity index (χ2v) is 14.6. The van der Waals surface area contributed by atoms with Crippen LogP contribution in [-0.4, -0.2) is 57.4 Å². The summed E-state index contributed by atoms with van der Waals surface area (Å²) in [5, 5.41) is 0. The molecule has 1 heterocycles. The minimum atomic E-state index is -0.194. The van der Waals surface area contributed by atoms with Crippen molar-refractivity contribution in [1.29, 1.82) is 0 Å². The summed E-state index contributed by atoms with van der Waals surface area (Å²) in [4.78, 5) is 15.3. The van der Waals surface area contributed by atoms with Gasteiger partial charge in [-0.15, -0.1) is 0 Å². The van der Waals surface area contributed by atoms with Crippen molar-refractivity contribution in [2.75, 3.05) is 34.4 Å². The van der Waals surface area contributed by atoms with E-state index in [0.717, 1.165) is 36.3 Å². The summed E-state index contributed by atoms with van der Waals surface area (Å²) in [5.41, 5.74) is 2.63. The standard InChI is InChI=1S/C36H53NO5/c1-23(38)42-34-25(18-24-19-31(39-4)33(41-6)32(20-24)40-5)21-30-28-11-10-26-22-27(37-16-8-7-9-17-37)12-14-35(26,2)29(28)13-15-36(30,34)3/h18-20,26-30,34H,7-17,21-22H2,1-6H3/b25-18+/t26?,27-,28?,29?,30?,34-,35-,36-/m0/s1. The Kier molecular flexibility index (Phi) is 8.32. The molecule has 5 aliphatic rings. The Balaban J connectivity index is 1.28. The Hall–Kier alpha value is -2.21. The van der Waals surface area contributed by atoms with E-state index in [0.29, 0.717) is 34.5 Å². The molecule has 1 aromatic carbocycles. The van der Waals surface area contributed by atoms with E-state index >= 15 is 0 Å². The van der Waals surface area contributed by atoms with Gasteiger partial charge in [-0.3, -0.25) is 4.79 Å². The molecule has 5 fully saturated rings. The Bertz CT molecular complexity index is 1160. The van der Waals surface area contributed by atoms with E-state index in [-0.39, 0.29) is 17.5 Å². The van der Waals surface area contributed by atoms with Gasteiger partial charge in [-0.1, -0.05) is 26.3 Å². The molecule has 6 heteroatoms. The summed E-state index contributed by atoms with van der Waals surface area (Å²) in [6, 6.07) is 4.81. The Labute approximate surface area is 253 Å². The van der Waals surface area contributed by atoms with Crippen LogP contribution in [0.5, 0.6) is 17.2 Å². The number of carbonyl (C=O) groups excluding carboxylic acids is 1. The maximum Gasteiger partial charge on any atom is 0.303 e. The second kappa shape index (κ2) is 11.7. The maximum absolute atomic E-state index is 12.5. The van der Waals surface area contributed by atoms with Gasteiger partial charge in [0.25, 0.3) is 0 Å². The van der Waals surface area contributed by atoms with Crippen molar-refractivity contribution in [1.82, 2.24) is 4.90 Å². The number of methoxy groups -OCH3 is 3. The minimum absolute atomic E-state index is 0.0342. The molecule has 0 amide bonds. The minimum Gasteiger partial charge on any atom is -0.493 e. The quantitative estimate of drug-likeness (QED) is 0.325. The fourth-order valence-electron chi connectivity index (χ4n) is 10.6. The summed E-state index contributed by atoms with van der Waals surface area (Å²) in [7, 11) is 4.93. The second-order valence-electron chi connectivity index (χ2n) is 14.6. The van der Waals surface area contributed by atoms with Gasteiger partial charge in [0.05, 0.1) is 21.3 Å². The van der Waals surface area contributed by atoms with E-state index < -0.39 is 0 Å². The highest BCUT2D eigenvalue weighted by molar-refractivity contribution is 5.68. The van der Waals surface area contributed by atoms with Crippen LogP contribution in [0.3, 0.4) is 0 Å². The van der Waals surface area contributed by atoms with Crippen molar-refractivity contribution < 1.29 is 23.7 Å². The third-order valence-corrected chi connectivity index (χ3v) is 12.7. The van der Waals surface area contributed by atoms with E-state index in [4.69, 9.17) is 18.9 Å². The summed E-state index contributed by atoms with van der Waals surface area (Å²) >= 11 is 0. The Morgan fingerprint density at radius 1 is 0.881 bits per heavy atom. The van der Waals surface area contributed by atoms with E-state index in [1.165, 1.54) is 76.5 Å². The summed E-state index contributed by atoms with van der Waals surface area (Å²) in [6.07, 6.45) is 16.4. The number of fused-ring (bicyclic) bond motifs is 5. The SMILES string of the molecule is COc1cc(/C=C2\CC3C4CCC5C[C@@H](N6CCCCC6)CC[C@]5(C)C4CC[C@]3(C)[C@H]2OC(C)=O)cc(OC)c1OC. The molecular formula is C36H53NO5. The van der Waals surface area contributed by atoms with Crippen molar-refractivity contribution in [3.63, 3.8) is 0 Å². The number of benzene rings is 1. The molecule has 8 atom stereocenters. The van der Waals surface area contributed by atoms with Gasteiger partial charge < -0.3 is 23.8 Å². The van der Waals surface area contributed by atoms with Gasteiger partial charge in [-0.2, -0.15) is 0 Å². The number of hydrogen-bond acceptors (Lipinski definition) is 6. The Morgan fingerprint density at radius 3 is 2.21 bits per heavy atom. The molecule has 4 unspecified atom stereocenters. The van der Waals surface area contributed by atoms with Crippen LogP contribution in [0.1, 0.15) is 97.0 Å². The normalized spacial score (nSPS) is 39.1. The summed E-state index contributed by atoms with van der Waals surface area (Å²) < 4.78 is 23.1. The fraction of sp³-hybridized carbons (Fsp3) is 0.750. The molecule has 0 aromatic heterocycles. The highest BCUT2D eigenvalue weighted by atomic mass is 16.5. The van der Waals surface area contributed by atoms with Crippen LogP contribution in [0.2, 0.25) is 0 Å². The van der Waals surface area contributed by atoms with E-state index in [9.17, 15) is 4.79 Å². The lowest BCUT2D eigenvalue weighted by Crippen LogP contribution is -2.56. The number of piperidine rings is 1. The molecule has 0 N–H and O–H groups in total. The lowest BCUT2D eigenvalue weighted by molar-refractivity contribution is -0.160. The first-order chi connectivity index (χ1) is 20.2. The van der Waals surface area contributed by atoms with Crippen LogP contribution in [0, 0.1) is 34.5 Å². The molecule has 4 saturated carbocycles. The fourth-order valence-corrected chi connectivity index (χ4v) is 10.6. The van der Waals surface area contributed by atoms with Gasteiger partial charge in [0.1, 0.15) is 6.10 Å². The zero-order valence-corrected chi connectivity index (χ0v) is 26.9. The average Bonchev–Trinajstić information content (AvgIpc) is 3.26. The van der Waals surface area contributed by atoms with Crippen LogP contribution in [0.15, 0.2) is 17.7 Å². The smallest absolute Gasteiger partial charge is 0.303 e. The zero-order valence-electron chi connectivity index (χ0n) is 26.9. The zero-order chi connectivity index (χ0) is 29.6. The van der Waals surface area contributed by atoms with Crippen molar-refractivity contribution in [2.24, 2.45) is 34.5 Å². The van der Waals surface area contributed by atoms with Crippen LogP contribution >= 0.6 is 0 Å². The first-order valence-electron chi connectivity index (χ1n) is 16.6. The largest absolute Gasteiger partial charge is 0.493 e. The van der Waals surface area contributed by atoms with E-state index in [1.54, 1.807) is 28.3 Å². The van der Waals surface area contributed by atoms with Crippen LogP contribution in [-0.2, 0) is 9.53 Å². The Morgan fingerprint density at radius 2 is 1.57 bits per heavy atom. The number of nitrogens with zero attached hydrogens (tertiary/aromatic N) is 1. The third-order valence-electron chi connectivity index (χ3n) is 12.7. The summed E-state index contributed by atoms with van der Waals surface area (Å²) in [5.74, 6) is 4.53. The van der Waals surface area contributed by atoms with Crippen molar-refractivity contribution in [2.45, 2.75) is 104 Å². The molecule has 1 aliphatic heterocycles. The predicted molar refractivity (Wildman–Crippen MR) is 166 cm³/mol. The number of ether oxygens (including phenoxy) is 4. The highest BCUT2D eigenvalue weighted by Crippen LogP contribution is 2.67. The summed E-state index contributed by atoms with van der Waals surface area (Å²) in [6.45, 7) is 9.28. The maximum atomic E-state index is 12.5. The molecule has 6 nitrogen and oxygen atoms in total. The van der Waals surface area contributed by atoms with Crippen LogP contribution in [0.4, 0.5) is 0 Å². The van der Waals surface area contributed by atoms with Gasteiger partial charge in [-0.05, 0) is 130 Å². The number of esters is 1. The molecule has 1 aromatic rings. The van der Waals surface area contributed by atoms with Gasteiger partial charge in [-0.25, -0.2) is 0 Å². The van der Waals surface area contributed by atoms with Crippen LogP contribution in [0.25, 0.3) is 6.08 Å². The molecule has 4 aliphatic carbocycles. The molecule has 42 heavy (non-hydrogen) atoms. The molecular weight excluding hydrogens is 526 g/mol. The van der Waals surface area contributed by atoms with Gasteiger partial charge in [0, 0.05) is 18.4 Å². The van der Waals surface area contributed by atoms with E-state index in [2.05, 4.69) is 24.8 Å². The van der Waals surface area contributed by atoms with Gasteiger partial charge in [0.15, 0.2) is 11.5 Å². The number of hydrogen-bond donors (Lipinski definition) is 0. The molecule has 0 radical (unpaired) electrons. The van der Waals surface area contributed by atoms with Crippen molar-refractivity contribution in [3.8, 4) is 17.2 Å².